The molecule has 3 atom stereocenters. The van der Waals surface area contributed by atoms with Crippen molar-refractivity contribution in [1.29, 1.82) is 0 Å². The van der Waals surface area contributed by atoms with E-state index in [1.807, 2.05) is 0 Å². The summed E-state index contributed by atoms with van der Waals surface area (Å²) in [6.07, 6.45) is 0.871. The first kappa shape index (κ1) is 28.3. The molecule has 5 rings (SSSR count). The summed E-state index contributed by atoms with van der Waals surface area (Å²) in [7, 11) is 2.97. The molecule has 1 saturated heterocycles. The van der Waals surface area contributed by atoms with Crippen LogP contribution in [0.15, 0.2) is 12.1 Å². The summed E-state index contributed by atoms with van der Waals surface area (Å²) >= 11 is 6.63. The Morgan fingerprint density at radius 3 is 2.65 bits per heavy atom. The molecule has 2 unspecified atom stereocenters. The van der Waals surface area contributed by atoms with Crippen LogP contribution in [-0.4, -0.2) is 69.2 Å². The Balaban J connectivity index is 1.51. The molecular formula is C27H33ClF2N6O4. The summed E-state index contributed by atoms with van der Waals surface area (Å²) in [5, 5.41) is 10.7. The third-order valence-electron chi connectivity index (χ3n) is 8.35. The lowest BCUT2D eigenvalue weighted by Crippen LogP contribution is -2.49. The molecule has 40 heavy (non-hydrogen) atoms. The van der Waals surface area contributed by atoms with E-state index in [1.54, 1.807) is 29.0 Å². The number of nitrogens with one attached hydrogen (secondary N) is 1. The van der Waals surface area contributed by atoms with Crippen molar-refractivity contribution >= 4 is 29.3 Å². The van der Waals surface area contributed by atoms with Crippen LogP contribution in [0.3, 0.4) is 0 Å². The Morgan fingerprint density at radius 2 is 1.95 bits per heavy atom. The third-order valence-corrected chi connectivity index (χ3v) is 8.71. The molecule has 1 aliphatic carbocycles. The number of hydrogen-bond donors (Lipinski definition) is 1. The van der Waals surface area contributed by atoms with E-state index in [4.69, 9.17) is 16.3 Å². The SMILES string of the molecule is CNC(=O)C1CCCC1C(=O)N1CCc2c(Cl)ccc(OCc3nnn(C)c3C(F)F)c2[C@H]1CN1CCCC1=O. The van der Waals surface area contributed by atoms with Gasteiger partial charge in [-0.25, -0.2) is 13.5 Å². The first-order chi connectivity index (χ1) is 19.2. The van der Waals surface area contributed by atoms with Gasteiger partial charge in [0.15, 0.2) is 0 Å². The maximum absolute atomic E-state index is 14.1. The van der Waals surface area contributed by atoms with Gasteiger partial charge in [0.2, 0.25) is 17.7 Å². The monoisotopic (exact) mass is 578 g/mol. The van der Waals surface area contributed by atoms with Crippen LogP contribution < -0.4 is 10.1 Å². The highest BCUT2D eigenvalue weighted by atomic mass is 35.5. The summed E-state index contributed by atoms with van der Waals surface area (Å²) in [6.45, 7) is 0.939. The Labute approximate surface area is 236 Å². The van der Waals surface area contributed by atoms with Crippen molar-refractivity contribution in [3.8, 4) is 5.75 Å². The molecule has 3 aliphatic rings. The number of alkyl halides is 2. The van der Waals surface area contributed by atoms with Crippen LogP contribution in [0.1, 0.15) is 67.1 Å². The molecule has 0 spiro atoms. The number of amides is 3. The smallest absolute Gasteiger partial charge is 0.282 e. The zero-order valence-corrected chi connectivity index (χ0v) is 23.3. The third kappa shape index (κ3) is 5.25. The van der Waals surface area contributed by atoms with E-state index in [9.17, 15) is 23.2 Å². The Bertz CT molecular complexity index is 1300. The molecule has 216 valence electrons. The molecule has 1 aromatic heterocycles. The highest BCUT2D eigenvalue weighted by Gasteiger charge is 2.44. The van der Waals surface area contributed by atoms with Gasteiger partial charge in [0.1, 0.15) is 23.7 Å². The molecule has 0 bridgehead atoms. The number of rotatable bonds is 8. The summed E-state index contributed by atoms with van der Waals surface area (Å²) in [4.78, 5) is 42.8. The van der Waals surface area contributed by atoms with Gasteiger partial charge in [-0.1, -0.05) is 23.2 Å². The topological polar surface area (TPSA) is 110 Å². The lowest BCUT2D eigenvalue weighted by atomic mass is 9.87. The van der Waals surface area contributed by atoms with Crippen LogP contribution in [0, 0.1) is 11.8 Å². The highest BCUT2D eigenvalue weighted by molar-refractivity contribution is 6.31. The van der Waals surface area contributed by atoms with E-state index >= 15 is 0 Å². The predicted molar refractivity (Wildman–Crippen MR) is 141 cm³/mol. The van der Waals surface area contributed by atoms with Crippen LogP contribution in [0.25, 0.3) is 0 Å². The van der Waals surface area contributed by atoms with Crippen molar-refractivity contribution in [2.45, 2.75) is 57.6 Å². The highest BCUT2D eigenvalue weighted by Crippen LogP contribution is 2.43. The van der Waals surface area contributed by atoms with E-state index in [0.29, 0.717) is 55.1 Å². The standard InChI is InChI=1S/C27H33ClF2N6O4/c1-31-26(38)15-5-3-6-16(15)27(39)36-12-10-17-18(28)8-9-21(23(17)20(36)13-35-11-4-7-22(35)37)40-14-19-24(25(29)30)34(2)33-32-19/h8-9,15-16,20,25H,3-7,10-14H2,1-2H3,(H,31,38)/t15?,16?,20-/m1/s1. The van der Waals surface area contributed by atoms with Gasteiger partial charge in [-0.15, -0.1) is 5.10 Å². The van der Waals surface area contributed by atoms with Crippen molar-refractivity contribution in [2.75, 3.05) is 26.7 Å². The number of carbonyl (C=O) groups excluding carboxylic acids is 3. The second-order valence-corrected chi connectivity index (χ2v) is 11.0. The fraction of sp³-hybridized carbons (Fsp3) is 0.593. The average Bonchev–Trinajstić information content (AvgIpc) is 3.68. The van der Waals surface area contributed by atoms with E-state index in [2.05, 4.69) is 15.6 Å². The van der Waals surface area contributed by atoms with Crippen LogP contribution >= 0.6 is 11.6 Å². The predicted octanol–water partition coefficient (Wildman–Crippen LogP) is 3.20. The van der Waals surface area contributed by atoms with Crippen LogP contribution in [-0.2, 0) is 34.5 Å². The van der Waals surface area contributed by atoms with E-state index < -0.39 is 24.3 Å². The lowest BCUT2D eigenvalue weighted by Gasteiger charge is -2.42. The van der Waals surface area contributed by atoms with E-state index in [1.165, 1.54) is 7.05 Å². The molecule has 2 fully saturated rings. The van der Waals surface area contributed by atoms with Gasteiger partial charge in [-0.05, 0) is 43.4 Å². The number of likely N-dealkylation sites (tertiary alicyclic amines) is 1. The van der Waals surface area contributed by atoms with Gasteiger partial charge in [0.05, 0.1) is 6.04 Å². The molecule has 13 heteroatoms. The van der Waals surface area contributed by atoms with Gasteiger partial charge in [-0.3, -0.25) is 14.4 Å². The number of hydrogen-bond acceptors (Lipinski definition) is 6. The number of aromatic nitrogens is 3. The number of nitrogens with zero attached hydrogens (tertiary/aromatic N) is 5. The second-order valence-electron chi connectivity index (χ2n) is 10.6. The fourth-order valence-electron chi connectivity index (χ4n) is 6.36. The molecule has 2 aliphatic heterocycles. The zero-order valence-electron chi connectivity index (χ0n) is 22.5. The number of ether oxygens (including phenoxy) is 1. The second kappa shape index (κ2) is 11.7. The average molecular weight is 579 g/mol. The van der Waals surface area contributed by atoms with Gasteiger partial charge >= 0.3 is 0 Å². The van der Waals surface area contributed by atoms with Gasteiger partial charge in [0.25, 0.3) is 6.43 Å². The minimum absolute atomic E-state index is 0.00857. The fourth-order valence-corrected chi connectivity index (χ4v) is 6.62. The zero-order chi connectivity index (χ0) is 28.6. The first-order valence-corrected chi connectivity index (χ1v) is 14.0. The molecule has 1 N–H and O–H groups in total. The van der Waals surface area contributed by atoms with Crippen molar-refractivity contribution in [1.82, 2.24) is 30.1 Å². The maximum Gasteiger partial charge on any atom is 0.282 e. The first-order valence-electron chi connectivity index (χ1n) is 13.6. The van der Waals surface area contributed by atoms with Crippen molar-refractivity contribution in [3.05, 3.63) is 39.7 Å². The maximum atomic E-state index is 14.1. The van der Waals surface area contributed by atoms with Gasteiger partial charge in [0, 0.05) is 62.6 Å². The number of benzene rings is 1. The molecule has 1 aromatic carbocycles. The molecule has 3 amide bonds. The molecule has 1 saturated carbocycles. The number of halogens is 3. The molecule has 3 heterocycles. The lowest BCUT2D eigenvalue weighted by molar-refractivity contribution is -0.144. The molecular weight excluding hydrogens is 546 g/mol. The van der Waals surface area contributed by atoms with Gasteiger partial charge in [-0.2, -0.15) is 0 Å². The minimum atomic E-state index is -2.78. The molecule has 10 nitrogen and oxygen atoms in total. The minimum Gasteiger partial charge on any atom is -0.487 e. The van der Waals surface area contributed by atoms with Crippen molar-refractivity contribution in [2.24, 2.45) is 18.9 Å². The van der Waals surface area contributed by atoms with Crippen LogP contribution in [0.2, 0.25) is 5.02 Å². The van der Waals surface area contributed by atoms with Gasteiger partial charge < -0.3 is 19.9 Å². The number of aryl methyl sites for hydroxylation is 1. The van der Waals surface area contributed by atoms with E-state index in [0.717, 1.165) is 23.1 Å². The summed E-state index contributed by atoms with van der Waals surface area (Å²) in [5.74, 6) is -0.760. The van der Waals surface area contributed by atoms with Crippen molar-refractivity contribution in [3.63, 3.8) is 0 Å². The quantitative estimate of drug-likeness (QED) is 0.515. The number of fused-ring (bicyclic) bond motifs is 1. The Hall–Kier alpha value is -3.28. The molecule has 0 radical (unpaired) electrons. The van der Waals surface area contributed by atoms with Crippen molar-refractivity contribution < 1.29 is 27.9 Å². The molecule has 2 aromatic rings. The Morgan fingerprint density at radius 1 is 1.18 bits per heavy atom. The normalized spacial score (nSPS) is 22.6. The Kier molecular flexibility index (Phi) is 8.25. The summed E-state index contributed by atoms with van der Waals surface area (Å²) < 4.78 is 34.3. The number of carbonyl (C=O) groups is 3. The van der Waals surface area contributed by atoms with Crippen LogP contribution in [0.4, 0.5) is 8.78 Å². The summed E-state index contributed by atoms with van der Waals surface area (Å²) in [5.41, 5.74) is 1.13. The summed E-state index contributed by atoms with van der Waals surface area (Å²) in [6, 6.07) is 2.78. The van der Waals surface area contributed by atoms with E-state index in [-0.39, 0.29) is 42.3 Å². The largest absolute Gasteiger partial charge is 0.487 e. The van der Waals surface area contributed by atoms with Crippen LogP contribution in [0.5, 0.6) is 5.75 Å².